The molecule has 0 aliphatic rings. The SMILES string of the molecule is Cc1cc(C)n(-c2nnc(SCc3nnnn3-c3ccc(S(C)(=O)=O)cc3)n2N)n1. The van der Waals surface area contributed by atoms with Crippen LogP contribution in [0.15, 0.2) is 40.4 Å². The van der Waals surface area contributed by atoms with Gasteiger partial charge in [-0.1, -0.05) is 11.8 Å². The predicted molar refractivity (Wildman–Crippen MR) is 109 cm³/mol. The van der Waals surface area contributed by atoms with Gasteiger partial charge in [0.1, 0.15) is 0 Å². The number of nitrogens with zero attached hydrogens (tertiary/aromatic N) is 9. The van der Waals surface area contributed by atoms with Gasteiger partial charge in [-0.15, -0.1) is 15.3 Å². The molecule has 30 heavy (non-hydrogen) atoms. The molecule has 0 unspecified atom stereocenters. The van der Waals surface area contributed by atoms with Gasteiger partial charge in [0.05, 0.1) is 22.0 Å². The van der Waals surface area contributed by atoms with E-state index in [1.54, 1.807) is 16.8 Å². The smallest absolute Gasteiger partial charge is 0.271 e. The Morgan fingerprint density at radius 1 is 1.07 bits per heavy atom. The lowest BCUT2D eigenvalue weighted by atomic mass is 10.3. The normalized spacial score (nSPS) is 11.8. The van der Waals surface area contributed by atoms with E-state index in [9.17, 15) is 8.42 Å². The van der Waals surface area contributed by atoms with Crippen molar-refractivity contribution in [3.8, 4) is 11.6 Å². The maximum Gasteiger partial charge on any atom is 0.271 e. The minimum Gasteiger partial charge on any atom is -0.334 e. The molecule has 0 fully saturated rings. The lowest BCUT2D eigenvalue weighted by Gasteiger charge is -2.06. The number of sulfone groups is 1. The molecular weight excluding hydrogens is 428 g/mol. The number of aryl methyl sites for hydroxylation is 2. The van der Waals surface area contributed by atoms with Crippen molar-refractivity contribution in [2.45, 2.75) is 29.7 Å². The second-order valence-electron chi connectivity index (χ2n) is 6.55. The summed E-state index contributed by atoms with van der Waals surface area (Å²) in [5.41, 5.74) is 2.39. The van der Waals surface area contributed by atoms with E-state index < -0.39 is 9.84 Å². The van der Waals surface area contributed by atoms with Crippen molar-refractivity contribution < 1.29 is 8.42 Å². The van der Waals surface area contributed by atoms with Gasteiger partial charge < -0.3 is 5.84 Å². The highest BCUT2D eigenvalue weighted by atomic mass is 32.2. The summed E-state index contributed by atoms with van der Waals surface area (Å²) in [7, 11) is -3.28. The fraction of sp³-hybridized carbons (Fsp3) is 0.250. The van der Waals surface area contributed by atoms with Gasteiger partial charge in [-0.05, 0) is 54.6 Å². The molecular formula is C16H18N10O2S2. The fourth-order valence-corrected chi connectivity index (χ4v) is 4.19. The predicted octanol–water partition coefficient (Wildman–Crippen LogP) is 0.466. The molecule has 0 radical (unpaired) electrons. The molecule has 0 aliphatic heterocycles. The molecule has 0 spiro atoms. The largest absolute Gasteiger partial charge is 0.334 e. The van der Waals surface area contributed by atoms with Gasteiger partial charge >= 0.3 is 0 Å². The summed E-state index contributed by atoms with van der Waals surface area (Å²) in [6.45, 7) is 3.80. The van der Waals surface area contributed by atoms with Gasteiger partial charge in [-0.25, -0.2) is 17.8 Å². The molecule has 3 aromatic heterocycles. The lowest BCUT2D eigenvalue weighted by molar-refractivity contribution is 0.602. The molecule has 0 saturated heterocycles. The molecule has 0 atom stereocenters. The molecule has 0 amide bonds. The summed E-state index contributed by atoms with van der Waals surface area (Å²) in [5.74, 6) is 7.47. The average molecular weight is 447 g/mol. The topological polar surface area (TPSA) is 152 Å². The van der Waals surface area contributed by atoms with Crippen molar-refractivity contribution in [2.75, 3.05) is 12.1 Å². The summed E-state index contributed by atoms with van der Waals surface area (Å²) in [5, 5.41) is 24.8. The van der Waals surface area contributed by atoms with E-state index in [-0.39, 0.29) is 4.90 Å². The van der Waals surface area contributed by atoms with E-state index in [2.05, 4.69) is 30.8 Å². The minimum atomic E-state index is -3.28. The second kappa shape index (κ2) is 7.53. The fourth-order valence-electron chi connectivity index (χ4n) is 2.80. The van der Waals surface area contributed by atoms with Gasteiger partial charge in [0.15, 0.2) is 15.7 Å². The zero-order chi connectivity index (χ0) is 21.5. The highest BCUT2D eigenvalue weighted by Gasteiger charge is 2.17. The van der Waals surface area contributed by atoms with Crippen LogP contribution in [0.3, 0.4) is 0 Å². The number of thioether (sulfide) groups is 1. The Labute approximate surface area is 176 Å². The molecule has 2 N–H and O–H groups in total. The maximum absolute atomic E-state index is 11.6. The number of rotatable bonds is 6. The lowest BCUT2D eigenvalue weighted by Crippen LogP contribution is -2.17. The number of nitrogens with two attached hydrogens (primary N) is 1. The third-order valence-corrected chi connectivity index (χ3v) is 6.29. The van der Waals surface area contributed by atoms with Crippen LogP contribution in [0, 0.1) is 13.8 Å². The Hall–Kier alpha value is -3.26. The van der Waals surface area contributed by atoms with Crippen LogP contribution in [0.5, 0.6) is 0 Å². The van der Waals surface area contributed by atoms with Crippen molar-refractivity contribution in [2.24, 2.45) is 0 Å². The average Bonchev–Trinajstić information content (AvgIpc) is 3.38. The highest BCUT2D eigenvalue weighted by molar-refractivity contribution is 7.98. The van der Waals surface area contributed by atoms with Crippen molar-refractivity contribution in [1.29, 1.82) is 0 Å². The second-order valence-corrected chi connectivity index (χ2v) is 9.51. The minimum absolute atomic E-state index is 0.225. The Kier molecular flexibility index (Phi) is 5.03. The van der Waals surface area contributed by atoms with E-state index in [0.717, 1.165) is 17.6 Å². The van der Waals surface area contributed by atoms with Crippen LogP contribution in [0.25, 0.3) is 11.6 Å². The summed E-state index contributed by atoms with van der Waals surface area (Å²) < 4.78 is 27.8. The van der Waals surface area contributed by atoms with Crippen LogP contribution in [0.2, 0.25) is 0 Å². The van der Waals surface area contributed by atoms with Crippen molar-refractivity contribution in [1.82, 2.24) is 44.9 Å². The van der Waals surface area contributed by atoms with Crippen molar-refractivity contribution in [3.63, 3.8) is 0 Å². The summed E-state index contributed by atoms with van der Waals surface area (Å²) in [6.07, 6.45) is 1.16. The van der Waals surface area contributed by atoms with E-state index in [1.165, 1.54) is 33.3 Å². The van der Waals surface area contributed by atoms with Gasteiger partial charge in [-0.3, -0.25) is 0 Å². The first-order chi connectivity index (χ1) is 14.2. The van der Waals surface area contributed by atoms with E-state index in [0.29, 0.717) is 28.4 Å². The van der Waals surface area contributed by atoms with Gasteiger partial charge in [0.2, 0.25) is 5.16 Å². The Balaban J connectivity index is 1.54. The molecule has 156 valence electrons. The number of aromatic nitrogens is 9. The van der Waals surface area contributed by atoms with Crippen molar-refractivity contribution >= 4 is 21.6 Å². The van der Waals surface area contributed by atoms with E-state index in [4.69, 9.17) is 5.84 Å². The van der Waals surface area contributed by atoms with Crippen molar-refractivity contribution in [3.05, 3.63) is 47.5 Å². The maximum atomic E-state index is 11.6. The number of tetrazole rings is 1. The first kappa shape index (κ1) is 20.0. The standard InChI is InChI=1S/C16H18N10O2S2/c1-10-8-11(2)25(21-10)15-19-20-16(24(15)17)29-9-14-18-22-23-26(14)12-4-6-13(7-5-12)30(3,27)28/h4-8H,9,17H2,1-3H3. The molecule has 0 bridgehead atoms. The summed E-state index contributed by atoms with van der Waals surface area (Å²) in [6, 6.07) is 8.24. The number of nitrogen functional groups attached to an aromatic ring is 1. The molecule has 0 saturated carbocycles. The van der Waals surface area contributed by atoms with Crippen LogP contribution in [0.1, 0.15) is 17.2 Å². The number of hydrogen-bond acceptors (Lipinski definition) is 10. The quantitative estimate of drug-likeness (QED) is 0.326. The molecule has 14 heteroatoms. The third-order valence-electron chi connectivity index (χ3n) is 4.22. The van der Waals surface area contributed by atoms with Gasteiger partial charge in [0, 0.05) is 11.9 Å². The van der Waals surface area contributed by atoms with Crippen LogP contribution in [-0.2, 0) is 15.6 Å². The third kappa shape index (κ3) is 3.78. The molecule has 0 aliphatic carbocycles. The van der Waals surface area contributed by atoms with Gasteiger partial charge in [0.25, 0.3) is 5.95 Å². The zero-order valence-electron chi connectivity index (χ0n) is 16.3. The van der Waals surface area contributed by atoms with Gasteiger partial charge in [-0.2, -0.15) is 9.78 Å². The van der Waals surface area contributed by atoms with Crippen LogP contribution in [0.4, 0.5) is 0 Å². The summed E-state index contributed by atoms with van der Waals surface area (Å²) >= 11 is 1.31. The molecule has 1 aromatic carbocycles. The Morgan fingerprint density at radius 2 is 1.80 bits per heavy atom. The molecule has 4 rings (SSSR count). The molecule has 3 heterocycles. The highest BCUT2D eigenvalue weighted by Crippen LogP contribution is 2.22. The first-order valence-electron chi connectivity index (χ1n) is 8.69. The van der Waals surface area contributed by atoms with Crippen LogP contribution >= 0.6 is 11.8 Å². The summed E-state index contributed by atoms with van der Waals surface area (Å²) in [4.78, 5) is 0.225. The Bertz CT molecular complexity index is 1300. The van der Waals surface area contributed by atoms with E-state index >= 15 is 0 Å². The molecule has 4 aromatic rings. The Morgan fingerprint density at radius 3 is 2.43 bits per heavy atom. The monoisotopic (exact) mass is 446 g/mol. The first-order valence-corrected chi connectivity index (χ1v) is 11.6. The number of benzene rings is 1. The zero-order valence-corrected chi connectivity index (χ0v) is 18.0. The van der Waals surface area contributed by atoms with Crippen LogP contribution < -0.4 is 5.84 Å². The van der Waals surface area contributed by atoms with Crippen LogP contribution in [-0.4, -0.2) is 59.5 Å². The number of hydrogen-bond donors (Lipinski definition) is 1. The van der Waals surface area contributed by atoms with E-state index in [1.807, 2.05) is 19.9 Å². The molecule has 12 nitrogen and oxygen atoms in total.